The van der Waals surface area contributed by atoms with Gasteiger partial charge in [-0.15, -0.1) is 5.10 Å². The summed E-state index contributed by atoms with van der Waals surface area (Å²) >= 11 is 0. The van der Waals surface area contributed by atoms with Crippen molar-refractivity contribution in [3.05, 3.63) is 12.4 Å². The van der Waals surface area contributed by atoms with E-state index in [1.54, 1.807) is 17.1 Å². The highest BCUT2D eigenvalue weighted by Crippen LogP contribution is 1.88. The number of nitrogens with two attached hydrogens (primary N) is 1. The standard InChI is InChI=1S/C7H15N5O2S/c8-2-7-15(13,14)10-3-1-5-12-6-4-9-11-12/h4,6,10H,1-3,5,7-8H2. The highest BCUT2D eigenvalue weighted by atomic mass is 32.2. The van der Waals surface area contributed by atoms with Crippen molar-refractivity contribution in [3.8, 4) is 0 Å². The predicted molar refractivity (Wildman–Crippen MR) is 55.5 cm³/mol. The van der Waals surface area contributed by atoms with E-state index in [1.165, 1.54) is 0 Å². The quantitative estimate of drug-likeness (QED) is 0.561. The Morgan fingerprint density at radius 2 is 2.27 bits per heavy atom. The molecule has 0 aliphatic rings. The van der Waals surface area contributed by atoms with Gasteiger partial charge in [0.2, 0.25) is 10.0 Å². The van der Waals surface area contributed by atoms with E-state index >= 15 is 0 Å². The van der Waals surface area contributed by atoms with Crippen molar-refractivity contribution in [2.24, 2.45) is 5.73 Å². The molecule has 1 aromatic heterocycles. The Bertz CT molecular complexity index is 361. The largest absolute Gasteiger partial charge is 0.329 e. The molecule has 1 aromatic rings. The van der Waals surface area contributed by atoms with Crippen molar-refractivity contribution in [1.82, 2.24) is 19.7 Å². The van der Waals surface area contributed by atoms with Crippen molar-refractivity contribution >= 4 is 10.0 Å². The first-order chi connectivity index (χ1) is 7.14. The minimum Gasteiger partial charge on any atom is -0.329 e. The molecule has 0 radical (unpaired) electrons. The van der Waals surface area contributed by atoms with E-state index in [0.717, 1.165) is 0 Å². The maximum Gasteiger partial charge on any atom is 0.212 e. The molecule has 0 amide bonds. The van der Waals surface area contributed by atoms with Gasteiger partial charge in [-0.25, -0.2) is 13.1 Å². The summed E-state index contributed by atoms with van der Waals surface area (Å²) in [5, 5.41) is 7.39. The minimum atomic E-state index is -3.19. The van der Waals surface area contributed by atoms with E-state index in [0.29, 0.717) is 19.5 Å². The lowest BCUT2D eigenvalue weighted by Crippen LogP contribution is -2.31. The van der Waals surface area contributed by atoms with Crippen LogP contribution < -0.4 is 10.5 Å². The number of aryl methyl sites for hydroxylation is 1. The Kier molecular flexibility index (Phi) is 4.66. The molecule has 0 saturated heterocycles. The molecule has 0 aliphatic carbocycles. The fourth-order valence-corrected chi connectivity index (χ4v) is 1.96. The van der Waals surface area contributed by atoms with Gasteiger partial charge in [-0.3, -0.25) is 4.68 Å². The van der Waals surface area contributed by atoms with Gasteiger partial charge < -0.3 is 5.73 Å². The molecule has 1 heterocycles. The van der Waals surface area contributed by atoms with Crippen LogP contribution >= 0.6 is 0 Å². The van der Waals surface area contributed by atoms with Crippen molar-refractivity contribution in [3.63, 3.8) is 0 Å². The lowest BCUT2D eigenvalue weighted by molar-refractivity contribution is 0.542. The van der Waals surface area contributed by atoms with Gasteiger partial charge in [0.25, 0.3) is 0 Å². The summed E-state index contributed by atoms with van der Waals surface area (Å²) < 4.78 is 26.4. The Balaban J connectivity index is 2.17. The van der Waals surface area contributed by atoms with E-state index in [4.69, 9.17) is 5.73 Å². The third-order valence-electron chi connectivity index (χ3n) is 1.74. The van der Waals surface area contributed by atoms with E-state index in [9.17, 15) is 8.42 Å². The number of nitrogens with zero attached hydrogens (tertiary/aromatic N) is 3. The molecule has 1 rings (SSSR count). The monoisotopic (exact) mass is 233 g/mol. The second-order valence-electron chi connectivity index (χ2n) is 3.02. The van der Waals surface area contributed by atoms with Crippen molar-refractivity contribution in [2.45, 2.75) is 13.0 Å². The fourth-order valence-electron chi connectivity index (χ4n) is 1.05. The Labute approximate surface area is 88.7 Å². The smallest absolute Gasteiger partial charge is 0.212 e. The number of hydrogen-bond donors (Lipinski definition) is 2. The Morgan fingerprint density at radius 1 is 1.47 bits per heavy atom. The lowest BCUT2D eigenvalue weighted by Gasteiger charge is -2.04. The highest BCUT2D eigenvalue weighted by Gasteiger charge is 2.06. The van der Waals surface area contributed by atoms with Gasteiger partial charge in [0.05, 0.1) is 11.9 Å². The van der Waals surface area contributed by atoms with Crippen LogP contribution in [0.25, 0.3) is 0 Å². The first-order valence-corrected chi connectivity index (χ1v) is 6.31. The fraction of sp³-hybridized carbons (Fsp3) is 0.714. The molecule has 7 nitrogen and oxygen atoms in total. The molecule has 0 unspecified atom stereocenters. The van der Waals surface area contributed by atoms with Crippen LogP contribution in [0.3, 0.4) is 0 Å². The average Bonchev–Trinajstić information content (AvgIpc) is 2.65. The van der Waals surface area contributed by atoms with E-state index < -0.39 is 10.0 Å². The van der Waals surface area contributed by atoms with Crippen LogP contribution in [-0.2, 0) is 16.6 Å². The summed E-state index contributed by atoms with van der Waals surface area (Å²) in [6.07, 6.45) is 3.99. The third-order valence-corrected chi connectivity index (χ3v) is 3.16. The zero-order chi connectivity index (χ0) is 11.1. The van der Waals surface area contributed by atoms with Gasteiger partial charge in [0.15, 0.2) is 0 Å². The number of aromatic nitrogens is 3. The number of hydrogen-bond acceptors (Lipinski definition) is 5. The molecule has 8 heteroatoms. The van der Waals surface area contributed by atoms with Gasteiger partial charge in [-0.1, -0.05) is 5.21 Å². The van der Waals surface area contributed by atoms with Crippen LogP contribution in [0.2, 0.25) is 0 Å². The molecule has 0 aliphatic heterocycles. The van der Waals surface area contributed by atoms with Crippen LogP contribution in [0.15, 0.2) is 12.4 Å². The molecule has 0 saturated carbocycles. The highest BCUT2D eigenvalue weighted by molar-refractivity contribution is 7.89. The second kappa shape index (κ2) is 5.79. The second-order valence-corrected chi connectivity index (χ2v) is 4.95. The molecule has 15 heavy (non-hydrogen) atoms. The Morgan fingerprint density at radius 3 is 2.87 bits per heavy atom. The van der Waals surface area contributed by atoms with Crippen LogP contribution in [0.5, 0.6) is 0 Å². The molecule has 0 fully saturated rings. The van der Waals surface area contributed by atoms with Crippen LogP contribution in [-0.4, -0.2) is 42.3 Å². The topological polar surface area (TPSA) is 103 Å². The lowest BCUT2D eigenvalue weighted by atomic mass is 10.4. The van der Waals surface area contributed by atoms with Crippen LogP contribution in [0, 0.1) is 0 Å². The summed E-state index contributed by atoms with van der Waals surface area (Å²) in [4.78, 5) is 0. The first kappa shape index (κ1) is 12.1. The first-order valence-electron chi connectivity index (χ1n) is 4.65. The Hall–Kier alpha value is -0.990. The molecule has 0 bridgehead atoms. The average molecular weight is 233 g/mol. The van der Waals surface area contributed by atoms with Crippen LogP contribution in [0.1, 0.15) is 6.42 Å². The zero-order valence-corrected chi connectivity index (χ0v) is 9.15. The molecule has 86 valence electrons. The van der Waals surface area contributed by atoms with Crippen molar-refractivity contribution < 1.29 is 8.42 Å². The summed E-state index contributed by atoms with van der Waals surface area (Å²) in [7, 11) is -3.19. The number of rotatable bonds is 7. The summed E-state index contributed by atoms with van der Waals surface area (Å²) in [5.74, 6) is -0.0314. The van der Waals surface area contributed by atoms with Gasteiger partial charge in [-0.2, -0.15) is 0 Å². The summed E-state index contributed by atoms with van der Waals surface area (Å²) in [5.41, 5.74) is 5.15. The van der Waals surface area contributed by atoms with Gasteiger partial charge in [0.1, 0.15) is 0 Å². The van der Waals surface area contributed by atoms with E-state index in [2.05, 4.69) is 15.0 Å². The summed E-state index contributed by atoms with van der Waals surface area (Å²) in [6, 6.07) is 0. The number of sulfonamides is 1. The van der Waals surface area contributed by atoms with E-state index in [-0.39, 0.29) is 12.3 Å². The normalized spacial score (nSPS) is 11.8. The molecule has 0 atom stereocenters. The maximum absolute atomic E-state index is 11.2. The predicted octanol–water partition coefficient (Wildman–Crippen LogP) is -1.45. The zero-order valence-electron chi connectivity index (χ0n) is 8.33. The van der Waals surface area contributed by atoms with Crippen molar-refractivity contribution in [2.75, 3.05) is 18.8 Å². The van der Waals surface area contributed by atoms with Gasteiger partial charge in [0, 0.05) is 25.8 Å². The molecule has 0 aromatic carbocycles. The van der Waals surface area contributed by atoms with Crippen LogP contribution in [0.4, 0.5) is 0 Å². The summed E-state index contributed by atoms with van der Waals surface area (Å²) in [6.45, 7) is 1.17. The maximum atomic E-state index is 11.2. The van der Waals surface area contributed by atoms with Gasteiger partial charge >= 0.3 is 0 Å². The third kappa shape index (κ3) is 4.86. The minimum absolute atomic E-state index is 0.0314. The van der Waals surface area contributed by atoms with Crippen molar-refractivity contribution in [1.29, 1.82) is 0 Å². The van der Waals surface area contributed by atoms with E-state index in [1.807, 2.05) is 0 Å². The molecular formula is C7H15N5O2S. The SMILES string of the molecule is NCCS(=O)(=O)NCCCn1ccnn1. The molecule has 3 N–H and O–H groups in total. The van der Waals surface area contributed by atoms with Gasteiger partial charge in [-0.05, 0) is 6.42 Å². The molecule has 0 spiro atoms. The number of nitrogens with one attached hydrogen (secondary N) is 1. The molecular weight excluding hydrogens is 218 g/mol.